The minimum atomic E-state index is -0.810. The van der Waals surface area contributed by atoms with Gasteiger partial charge in [-0.1, -0.05) is 23.9 Å². The molecular formula is C15H15NO2S. The predicted molar refractivity (Wildman–Crippen MR) is 77.5 cm³/mol. The van der Waals surface area contributed by atoms with E-state index in [1.807, 2.05) is 49.4 Å². The first-order valence-corrected chi connectivity index (χ1v) is 6.71. The highest BCUT2D eigenvalue weighted by Crippen LogP contribution is 2.31. The van der Waals surface area contributed by atoms with E-state index in [2.05, 4.69) is 0 Å². The van der Waals surface area contributed by atoms with Crippen LogP contribution in [0.1, 0.15) is 11.1 Å². The number of hydrogen-bond acceptors (Lipinski definition) is 3. The van der Waals surface area contributed by atoms with Crippen molar-refractivity contribution in [2.75, 3.05) is 5.73 Å². The Labute approximate surface area is 116 Å². The number of anilines is 1. The van der Waals surface area contributed by atoms with Crippen LogP contribution in [0.2, 0.25) is 0 Å². The van der Waals surface area contributed by atoms with E-state index in [1.54, 1.807) is 11.8 Å². The normalized spacial score (nSPS) is 10.4. The first-order chi connectivity index (χ1) is 9.04. The summed E-state index contributed by atoms with van der Waals surface area (Å²) in [5.74, 6) is -0.810. The zero-order valence-electron chi connectivity index (χ0n) is 10.6. The number of aryl methyl sites for hydroxylation is 1. The standard InChI is InChI=1S/C15H15NO2S/c1-10-8-12(16)4-7-14(10)19-13-5-2-11(3-6-13)9-15(17)18/h2-8H,9,16H2,1H3,(H,17,18). The Balaban J connectivity index is 2.13. The van der Waals surface area contributed by atoms with Crippen molar-refractivity contribution >= 4 is 23.4 Å². The third-order valence-electron chi connectivity index (χ3n) is 2.71. The van der Waals surface area contributed by atoms with Crippen molar-refractivity contribution in [3.8, 4) is 0 Å². The van der Waals surface area contributed by atoms with E-state index >= 15 is 0 Å². The molecular weight excluding hydrogens is 258 g/mol. The molecule has 0 radical (unpaired) electrons. The number of carboxylic acids is 1. The third kappa shape index (κ3) is 3.76. The topological polar surface area (TPSA) is 63.3 Å². The quantitative estimate of drug-likeness (QED) is 0.838. The maximum absolute atomic E-state index is 10.6. The molecule has 19 heavy (non-hydrogen) atoms. The van der Waals surface area contributed by atoms with Gasteiger partial charge in [0.25, 0.3) is 0 Å². The zero-order valence-corrected chi connectivity index (χ0v) is 11.4. The van der Waals surface area contributed by atoms with Gasteiger partial charge in [-0.3, -0.25) is 4.79 Å². The van der Waals surface area contributed by atoms with E-state index in [9.17, 15) is 4.79 Å². The van der Waals surface area contributed by atoms with Gasteiger partial charge in [0.2, 0.25) is 0 Å². The van der Waals surface area contributed by atoms with Crippen molar-refractivity contribution in [2.45, 2.75) is 23.1 Å². The van der Waals surface area contributed by atoms with Gasteiger partial charge in [-0.25, -0.2) is 0 Å². The fourth-order valence-electron chi connectivity index (χ4n) is 1.76. The van der Waals surface area contributed by atoms with Crippen LogP contribution in [0.4, 0.5) is 5.69 Å². The van der Waals surface area contributed by atoms with Crippen LogP contribution in [-0.2, 0) is 11.2 Å². The number of carboxylic acid groups (broad SMARTS) is 1. The van der Waals surface area contributed by atoms with E-state index in [1.165, 1.54) is 0 Å². The molecule has 3 nitrogen and oxygen atoms in total. The second-order valence-electron chi connectivity index (χ2n) is 4.34. The van der Waals surface area contributed by atoms with E-state index in [-0.39, 0.29) is 6.42 Å². The maximum atomic E-state index is 10.6. The van der Waals surface area contributed by atoms with Crippen molar-refractivity contribution in [3.63, 3.8) is 0 Å². The fourth-order valence-corrected chi connectivity index (χ4v) is 2.65. The Morgan fingerprint density at radius 3 is 2.47 bits per heavy atom. The van der Waals surface area contributed by atoms with E-state index < -0.39 is 5.97 Å². The molecule has 0 unspecified atom stereocenters. The number of nitrogens with two attached hydrogens (primary N) is 1. The van der Waals surface area contributed by atoms with Crippen molar-refractivity contribution in [1.29, 1.82) is 0 Å². The van der Waals surface area contributed by atoms with Crippen molar-refractivity contribution in [1.82, 2.24) is 0 Å². The van der Waals surface area contributed by atoms with Gasteiger partial charge >= 0.3 is 5.97 Å². The average molecular weight is 273 g/mol. The molecule has 0 aromatic heterocycles. The van der Waals surface area contributed by atoms with Gasteiger partial charge < -0.3 is 10.8 Å². The third-order valence-corrected chi connectivity index (χ3v) is 3.89. The molecule has 0 atom stereocenters. The van der Waals surface area contributed by atoms with E-state index in [0.717, 1.165) is 26.6 Å². The predicted octanol–water partition coefficient (Wildman–Crippen LogP) is 3.36. The molecule has 98 valence electrons. The first-order valence-electron chi connectivity index (χ1n) is 5.89. The van der Waals surface area contributed by atoms with Crippen LogP contribution in [0.3, 0.4) is 0 Å². The maximum Gasteiger partial charge on any atom is 0.307 e. The average Bonchev–Trinajstić information content (AvgIpc) is 2.34. The summed E-state index contributed by atoms with van der Waals surface area (Å²) in [4.78, 5) is 12.8. The summed E-state index contributed by atoms with van der Waals surface area (Å²) in [6, 6.07) is 13.4. The van der Waals surface area contributed by atoms with Gasteiger partial charge in [0.15, 0.2) is 0 Å². The molecule has 0 heterocycles. The minimum Gasteiger partial charge on any atom is -0.481 e. The van der Waals surface area contributed by atoms with Gasteiger partial charge in [0.1, 0.15) is 0 Å². The Morgan fingerprint density at radius 1 is 1.21 bits per heavy atom. The molecule has 0 bridgehead atoms. The molecule has 0 spiro atoms. The summed E-state index contributed by atoms with van der Waals surface area (Å²) in [6.07, 6.45) is 0.0614. The smallest absolute Gasteiger partial charge is 0.307 e. The number of hydrogen-bond donors (Lipinski definition) is 2. The highest BCUT2D eigenvalue weighted by Gasteiger charge is 2.03. The van der Waals surface area contributed by atoms with Gasteiger partial charge in [-0.15, -0.1) is 0 Å². The molecule has 0 aliphatic heterocycles. The van der Waals surface area contributed by atoms with E-state index in [0.29, 0.717) is 0 Å². The van der Waals surface area contributed by atoms with Gasteiger partial charge in [0.05, 0.1) is 6.42 Å². The van der Waals surface area contributed by atoms with Gasteiger partial charge in [-0.2, -0.15) is 0 Å². The summed E-state index contributed by atoms with van der Waals surface area (Å²) in [7, 11) is 0. The van der Waals surface area contributed by atoms with Crippen LogP contribution < -0.4 is 5.73 Å². The lowest BCUT2D eigenvalue weighted by atomic mass is 10.2. The molecule has 0 aliphatic rings. The van der Waals surface area contributed by atoms with Crippen molar-refractivity contribution < 1.29 is 9.90 Å². The molecule has 0 amide bonds. The monoisotopic (exact) mass is 273 g/mol. The molecule has 2 rings (SSSR count). The Hall–Kier alpha value is -1.94. The Bertz CT molecular complexity index is 594. The van der Waals surface area contributed by atoms with Crippen LogP contribution >= 0.6 is 11.8 Å². The Morgan fingerprint density at radius 2 is 1.89 bits per heavy atom. The van der Waals surface area contributed by atoms with Gasteiger partial charge in [-0.05, 0) is 48.4 Å². The van der Waals surface area contributed by atoms with Crippen molar-refractivity contribution in [3.05, 3.63) is 53.6 Å². The number of benzene rings is 2. The van der Waals surface area contributed by atoms with Crippen LogP contribution in [0, 0.1) is 6.92 Å². The number of nitrogen functional groups attached to an aromatic ring is 1. The molecule has 0 aliphatic carbocycles. The lowest BCUT2D eigenvalue weighted by Gasteiger charge is -2.07. The second kappa shape index (κ2) is 5.80. The number of rotatable bonds is 4. The molecule has 0 fully saturated rings. The summed E-state index contributed by atoms with van der Waals surface area (Å²) in [5, 5.41) is 8.72. The molecule has 2 aromatic rings. The molecule has 0 saturated heterocycles. The summed E-state index contributed by atoms with van der Waals surface area (Å²) >= 11 is 1.65. The first kappa shape index (κ1) is 13.5. The lowest BCUT2D eigenvalue weighted by molar-refractivity contribution is -0.136. The molecule has 2 aromatic carbocycles. The largest absolute Gasteiger partial charge is 0.481 e. The van der Waals surface area contributed by atoms with Crippen LogP contribution in [0.5, 0.6) is 0 Å². The molecule has 3 N–H and O–H groups in total. The SMILES string of the molecule is Cc1cc(N)ccc1Sc1ccc(CC(=O)O)cc1. The number of aliphatic carboxylic acids is 1. The van der Waals surface area contributed by atoms with Crippen LogP contribution in [0.25, 0.3) is 0 Å². The summed E-state index contributed by atoms with van der Waals surface area (Å²) < 4.78 is 0. The van der Waals surface area contributed by atoms with Crippen LogP contribution in [-0.4, -0.2) is 11.1 Å². The zero-order chi connectivity index (χ0) is 13.8. The number of carbonyl (C=O) groups is 1. The fraction of sp³-hybridized carbons (Fsp3) is 0.133. The van der Waals surface area contributed by atoms with Crippen LogP contribution in [0.15, 0.2) is 52.3 Å². The van der Waals surface area contributed by atoms with E-state index in [4.69, 9.17) is 10.8 Å². The van der Waals surface area contributed by atoms with Crippen molar-refractivity contribution in [2.24, 2.45) is 0 Å². The second-order valence-corrected chi connectivity index (χ2v) is 5.46. The molecule has 0 saturated carbocycles. The lowest BCUT2D eigenvalue weighted by Crippen LogP contribution is -1.99. The van der Waals surface area contributed by atoms with Gasteiger partial charge in [0, 0.05) is 15.5 Å². The highest BCUT2D eigenvalue weighted by molar-refractivity contribution is 7.99. The minimum absolute atomic E-state index is 0.0614. The highest BCUT2D eigenvalue weighted by atomic mass is 32.2. The molecule has 4 heteroatoms. The summed E-state index contributed by atoms with van der Waals surface area (Å²) in [5.41, 5.74) is 8.43. The Kier molecular flexibility index (Phi) is 4.12. The summed E-state index contributed by atoms with van der Waals surface area (Å²) in [6.45, 7) is 2.03.